The molecule has 0 fully saturated rings. The number of carbonyl (C=O) groups is 1. The van der Waals surface area contributed by atoms with Crippen molar-refractivity contribution < 1.29 is 18.8 Å². The molecule has 1 rings (SSSR count). The Bertz CT molecular complexity index is 453. The number of nitro groups is 1. The summed E-state index contributed by atoms with van der Waals surface area (Å²) in [5.74, 6) is -1.50. The number of nitrogens with zero attached hydrogens (tertiary/aromatic N) is 1. The second kappa shape index (κ2) is 6.62. The molecule has 7 nitrogen and oxygen atoms in total. The number of carbonyl (C=O) groups excluding carboxylic acids is 1. The van der Waals surface area contributed by atoms with Crippen LogP contribution in [0.3, 0.4) is 0 Å². The fraction of sp³-hybridized carbons (Fsp3) is 0.300. The summed E-state index contributed by atoms with van der Waals surface area (Å²) in [6, 6.07) is 3.09. The van der Waals surface area contributed by atoms with Crippen LogP contribution in [0.15, 0.2) is 18.2 Å². The third kappa shape index (κ3) is 4.07. The molecule has 0 radical (unpaired) electrons. The van der Waals surface area contributed by atoms with Gasteiger partial charge in [-0.2, -0.15) is 4.39 Å². The summed E-state index contributed by atoms with van der Waals surface area (Å²) < 4.78 is 18.1. The van der Waals surface area contributed by atoms with E-state index in [0.29, 0.717) is 6.54 Å². The van der Waals surface area contributed by atoms with E-state index in [4.69, 9.17) is 10.5 Å². The first kappa shape index (κ1) is 14.0. The molecule has 0 spiro atoms. The lowest BCUT2D eigenvalue weighted by atomic mass is 10.2. The summed E-state index contributed by atoms with van der Waals surface area (Å²) in [6.07, 6.45) is 0. The zero-order valence-corrected chi connectivity index (χ0v) is 9.39. The third-order valence-electron chi connectivity index (χ3n) is 1.92. The molecule has 0 unspecified atom stereocenters. The number of ether oxygens (including phenoxy) is 1. The predicted octanol–water partition coefficient (Wildman–Crippen LogP) is 0.648. The van der Waals surface area contributed by atoms with Crippen molar-refractivity contribution in [3.8, 4) is 0 Å². The minimum Gasteiger partial charge on any atom is -0.370 e. The van der Waals surface area contributed by atoms with E-state index in [1.54, 1.807) is 0 Å². The fourth-order valence-corrected chi connectivity index (χ4v) is 1.18. The van der Waals surface area contributed by atoms with Crippen molar-refractivity contribution in [1.82, 2.24) is 0 Å². The Morgan fingerprint density at radius 3 is 2.83 bits per heavy atom. The number of nitrogens with two attached hydrogens (primary N) is 1. The highest BCUT2D eigenvalue weighted by atomic mass is 19.1. The minimum absolute atomic E-state index is 0.124. The van der Waals surface area contributed by atoms with Gasteiger partial charge in [0.2, 0.25) is 11.7 Å². The number of benzene rings is 1. The SMILES string of the molecule is NCCOCC(=O)Nc1ccc([N+](=O)[O-])c(F)c1. The van der Waals surface area contributed by atoms with Gasteiger partial charge in [0, 0.05) is 24.4 Å². The van der Waals surface area contributed by atoms with Gasteiger partial charge in [-0.05, 0) is 6.07 Å². The molecule has 0 aromatic heterocycles. The first-order valence-electron chi connectivity index (χ1n) is 5.06. The fourth-order valence-electron chi connectivity index (χ4n) is 1.18. The number of nitro benzene ring substituents is 1. The normalized spacial score (nSPS) is 10.1. The van der Waals surface area contributed by atoms with Crippen molar-refractivity contribution in [2.75, 3.05) is 25.1 Å². The van der Waals surface area contributed by atoms with Gasteiger partial charge in [-0.15, -0.1) is 0 Å². The maximum Gasteiger partial charge on any atom is 0.304 e. The summed E-state index contributed by atoms with van der Waals surface area (Å²) in [5.41, 5.74) is 4.64. The summed E-state index contributed by atoms with van der Waals surface area (Å²) in [5, 5.41) is 12.7. The van der Waals surface area contributed by atoms with Gasteiger partial charge in [0.15, 0.2) is 0 Å². The molecule has 98 valence electrons. The van der Waals surface area contributed by atoms with Crippen LogP contribution in [0.5, 0.6) is 0 Å². The molecule has 0 saturated heterocycles. The van der Waals surface area contributed by atoms with Gasteiger partial charge in [-0.1, -0.05) is 0 Å². The van der Waals surface area contributed by atoms with E-state index in [0.717, 1.165) is 12.1 Å². The summed E-state index contributed by atoms with van der Waals surface area (Å²) in [6.45, 7) is 0.317. The molecule has 1 aromatic carbocycles. The lowest BCUT2D eigenvalue weighted by Gasteiger charge is -2.05. The topological polar surface area (TPSA) is 107 Å². The van der Waals surface area contributed by atoms with Gasteiger partial charge in [-0.3, -0.25) is 14.9 Å². The standard InChI is InChI=1S/C10H12FN3O4/c11-8-5-7(1-2-9(8)14(16)17)13-10(15)6-18-4-3-12/h1-2,5H,3-4,6,12H2,(H,13,15). The van der Waals surface area contributed by atoms with Crippen LogP contribution in [0.1, 0.15) is 0 Å². The second-order valence-corrected chi connectivity index (χ2v) is 3.31. The van der Waals surface area contributed by atoms with E-state index < -0.39 is 22.3 Å². The first-order chi connectivity index (χ1) is 8.54. The molecular formula is C10H12FN3O4. The first-order valence-corrected chi connectivity index (χ1v) is 5.06. The van der Waals surface area contributed by atoms with Gasteiger partial charge in [-0.25, -0.2) is 0 Å². The van der Waals surface area contributed by atoms with Gasteiger partial charge < -0.3 is 15.8 Å². The molecule has 0 heterocycles. The summed E-state index contributed by atoms with van der Waals surface area (Å²) in [4.78, 5) is 20.8. The number of hydrogen-bond donors (Lipinski definition) is 2. The van der Waals surface area contributed by atoms with Gasteiger partial charge >= 0.3 is 5.69 Å². The number of anilines is 1. The van der Waals surface area contributed by atoms with Crippen LogP contribution in [-0.2, 0) is 9.53 Å². The van der Waals surface area contributed by atoms with Crippen molar-refractivity contribution in [1.29, 1.82) is 0 Å². The van der Waals surface area contributed by atoms with Crippen LogP contribution >= 0.6 is 0 Å². The Kier molecular flexibility index (Phi) is 5.15. The Morgan fingerprint density at radius 1 is 1.56 bits per heavy atom. The Morgan fingerprint density at radius 2 is 2.28 bits per heavy atom. The summed E-state index contributed by atoms with van der Waals surface area (Å²) in [7, 11) is 0. The molecule has 0 saturated carbocycles. The maximum atomic E-state index is 13.2. The average molecular weight is 257 g/mol. The molecule has 8 heteroatoms. The zero-order valence-electron chi connectivity index (χ0n) is 9.39. The summed E-state index contributed by atoms with van der Waals surface area (Å²) >= 11 is 0. The molecule has 1 aromatic rings. The Hall–Kier alpha value is -2.06. The van der Waals surface area contributed by atoms with Crippen LogP contribution in [0, 0.1) is 15.9 Å². The third-order valence-corrected chi connectivity index (χ3v) is 1.92. The quantitative estimate of drug-likeness (QED) is 0.442. The average Bonchev–Trinajstić information content (AvgIpc) is 2.28. The molecule has 0 aliphatic rings. The molecule has 0 bridgehead atoms. The van der Waals surface area contributed by atoms with E-state index >= 15 is 0 Å². The van der Waals surface area contributed by atoms with E-state index in [2.05, 4.69) is 5.32 Å². The minimum atomic E-state index is -1.01. The smallest absolute Gasteiger partial charge is 0.304 e. The number of rotatable bonds is 6. The highest BCUT2D eigenvalue weighted by Gasteiger charge is 2.14. The van der Waals surface area contributed by atoms with Crippen molar-refractivity contribution in [2.45, 2.75) is 0 Å². The van der Waals surface area contributed by atoms with Crippen molar-refractivity contribution in [3.05, 3.63) is 34.1 Å². The van der Waals surface area contributed by atoms with Crippen LogP contribution in [-0.4, -0.2) is 30.6 Å². The molecule has 18 heavy (non-hydrogen) atoms. The van der Waals surface area contributed by atoms with E-state index in [1.165, 1.54) is 6.07 Å². The zero-order chi connectivity index (χ0) is 13.5. The molecular weight excluding hydrogens is 245 g/mol. The monoisotopic (exact) mass is 257 g/mol. The van der Waals surface area contributed by atoms with Gasteiger partial charge in [0.1, 0.15) is 6.61 Å². The molecule has 1 amide bonds. The van der Waals surface area contributed by atoms with E-state index in [9.17, 15) is 19.3 Å². The van der Waals surface area contributed by atoms with Crippen LogP contribution in [0.25, 0.3) is 0 Å². The predicted molar refractivity (Wildman–Crippen MR) is 61.6 cm³/mol. The van der Waals surface area contributed by atoms with Crippen LogP contribution in [0.4, 0.5) is 15.8 Å². The van der Waals surface area contributed by atoms with Crippen LogP contribution < -0.4 is 11.1 Å². The van der Waals surface area contributed by atoms with Crippen LogP contribution in [0.2, 0.25) is 0 Å². The Labute approximate surface area is 102 Å². The number of nitrogens with one attached hydrogen (secondary N) is 1. The number of hydrogen-bond acceptors (Lipinski definition) is 5. The van der Waals surface area contributed by atoms with Crippen molar-refractivity contribution >= 4 is 17.3 Å². The highest BCUT2D eigenvalue weighted by molar-refractivity contribution is 5.91. The highest BCUT2D eigenvalue weighted by Crippen LogP contribution is 2.20. The number of halogens is 1. The second-order valence-electron chi connectivity index (χ2n) is 3.31. The largest absolute Gasteiger partial charge is 0.370 e. The lowest BCUT2D eigenvalue weighted by molar-refractivity contribution is -0.387. The molecule has 3 N–H and O–H groups in total. The molecule has 0 aliphatic heterocycles. The molecule has 0 aliphatic carbocycles. The van der Waals surface area contributed by atoms with Crippen molar-refractivity contribution in [2.24, 2.45) is 5.73 Å². The van der Waals surface area contributed by atoms with E-state index in [-0.39, 0.29) is 18.9 Å². The lowest BCUT2D eigenvalue weighted by Crippen LogP contribution is -2.20. The van der Waals surface area contributed by atoms with E-state index in [1.807, 2.05) is 0 Å². The maximum absolute atomic E-state index is 13.2. The molecule has 0 atom stereocenters. The Balaban J connectivity index is 2.60. The van der Waals surface area contributed by atoms with Gasteiger partial charge in [0.05, 0.1) is 11.5 Å². The van der Waals surface area contributed by atoms with Crippen molar-refractivity contribution in [3.63, 3.8) is 0 Å². The number of amides is 1. The van der Waals surface area contributed by atoms with Gasteiger partial charge in [0.25, 0.3) is 0 Å².